The lowest BCUT2D eigenvalue weighted by atomic mass is 10.1. The van der Waals surface area contributed by atoms with Crippen molar-refractivity contribution in [3.05, 3.63) is 65.2 Å². The van der Waals surface area contributed by atoms with Crippen LogP contribution in [-0.2, 0) is 4.79 Å². The van der Waals surface area contributed by atoms with Crippen molar-refractivity contribution < 1.29 is 19.4 Å². The summed E-state index contributed by atoms with van der Waals surface area (Å²) >= 11 is 0. The van der Waals surface area contributed by atoms with Crippen molar-refractivity contribution in [3.8, 4) is 11.8 Å². The van der Waals surface area contributed by atoms with Gasteiger partial charge in [0.25, 0.3) is 5.91 Å². The van der Waals surface area contributed by atoms with Crippen LogP contribution in [0, 0.1) is 11.3 Å². The van der Waals surface area contributed by atoms with Gasteiger partial charge in [-0.25, -0.2) is 4.79 Å². The number of anilines is 1. The lowest BCUT2D eigenvalue weighted by Gasteiger charge is -2.06. The van der Waals surface area contributed by atoms with E-state index in [9.17, 15) is 14.9 Å². The third-order valence-electron chi connectivity index (χ3n) is 3.26. The second-order valence-corrected chi connectivity index (χ2v) is 5.01. The van der Waals surface area contributed by atoms with Crippen molar-refractivity contribution in [2.75, 3.05) is 11.9 Å². The topological polar surface area (TPSA) is 99.4 Å². The highest BCUT2D eigenvalue weighted by Gasteiger charge is 2.10. The molecule has 0 radical (unpaired) electrons. The number of hydrogen-bond acceptors (Lipinski definition) is 4. The molecule has 0 aliphatic heterocycles. The van der Waals surface area contributed by atoms with E-state index in [1.54, 1.807) is 24.3 Å². The first-order valence-electron chi connectivity index (χ1n) is 7.53. The molecule has 2 N–H and O–H groups in total. The quantitative estimate of drug-likeness (QED) is 0.622. The summed E-state index contributed by atoms with van der Waals surface area (Å²) in [5, 5.41) is 20.7. The molecule has 0 aliphatic carbocycles. The van der Waals surface area contributed by atoms with Crippen molar-refractivity contribution >= 4 is 23.6 Å². The SMILES string of the molecule is CCOc1ccc(NC(=O)/C(C#N)=C/c2ccc(C(=O)O)cc2)cc1. The Labute approximate surface area is 145 Å². The molecule has 25 heavy (non-hydrogen) atoms. The van der Waals surface area contributed by atoms with E-state index in [4.69, 9.17) is 9.84 Å². The molecule has 2 aromatic rings. The van der Waals surface area contributed by atoms with Crippen LogP contribution in [0.1, 0.15) is 22.8 Å². The molecule has 126 valence electrons. The number of carboxylic acids is 1. The van der Waals surface area contributed by atoms with Gasteiger partial charge in [-0.1, -0.05) is 12.1 Å². The molecule has 2 rings (SSSR count). The van der Waals surface area contributed by atoms with Gasteiger partial charge in [0.2, 0.25) is 0 Å². The van der Waals surface area contributed by atoms with E-state index >= 15 is 0 Å². The first kappa shape index (κ1) is 17.8. The fourth-order valence-electron chi connectivity index (χ4n) is 2.04. The Hall–Kier alpha value is -3.59. The van der Waals surface area contributed by atoms with Crippen LogP contribution in [0.15, 0.2) is 54.1 Å². The second kappa shape index (κ2) is 8.31. The number of ether oxygens (including phenoxy) is 1. The largest absolute Gasteiger partial charge is 0.494 e. The number of carbonyl (C=O) groups is 2. The number of rotatable bonds is 6. The van der Waals surface area contributed by atoms with E-state index in [2.05, 4.69) is 5.32 Å². The summed E-state index contributed by atoms with van der Waals surface area (Å²) in [6.07, 6.45) is 1.40. The van der Waals surface area contributed by atoms with E-state index < -0.39 is 11.9 Å². The number of carboxylic acid groups (broad SMARTS) is 1. The number of benzene rings is 2. The smallest absolute Gasteiger partial charge is 0.335 e. The fraction of sp³-hybridized carbons (Fsp3) is 0.105. The van der Waals surface area contributed by atoms with E-state index in [0.717, 1.165) is 0 Å². The van der Waals surface area contributed by atoms with Gasteiger partial charge in [-0.2, -0.15) is 5.26 Å². The van der Waals surface area contributed by atoms with Crippen LogP contribution in [0.5, 0.6) is 5.75 Å². The average Bonchev–Trinajstić information content (AvgIpc) is 2.62. The first-order valence-corrected chi connectivity index (χ1v) is 7.53. The fourth-order valence-corrected chi connectivity index (χ4v) is 2.04. The predicted octanol–water partition coefficient (Wildman–Crippen LogP) is 3.33. The molecule has 0 bridgehead atoms. The summed E-state index contributed by atoms with van der Waals surface area (Å²) in [7, 11) is 0. The minimum Gasteiger partial charge on any atom is -0.494 e. The summed E-state index contributed by atoms with van der Waals surface area (Å²) in [5.74, 6) is -0.895. The molecule has 0 spiro atoms. The Bertz CT molecular complexity index is 831. The summed E-state index contributed by atoms with van der Waals surface area (Å²) < 4.78 is 5.32. The summed E-state index contributed by atoms with van der Waals surface area (Å²) in [4.78, 5) is 23.0. The van der Waals surface area contributed by atoms with Gasteiger partial charge >= 0.3 is 5.97 Å². The lowest BCUT2D eigenvalue weighted by Crippen LogP contribution is -2.13. The van der Waals surface area contributed by atoms with Crippen LogP contribution in [-0.4, -0.2) is 23.6 Å². The molecule has 6 nitrogen and oxygen atoms in total. The maximum absolute atomic E-state index is 12.2. The highest BCUT2D eigenvalue weighted by Crippen LogP contribution is 2.17. The van der Waals surface area contributed by atoms with Crippen molar-refractivity contribution in [2.24, 2.45) is 0 Å². The lowest BCUT2D eigenvalue weighted by molar-refractivity contribution is -0.112. The van der Waals surface area contributed by atoms with Gasteiger partial charge in [0, 0.05) is 5.69 Å². The molecule has 0 aromatic heterocycles. The molecular weight excluding hydrogens is 320 g/mol. The molecule has 0 atom stereocenters. The van der Waals surface area contributed by atoms with Gasteiger partial charge in [0.05, 0.1) is 12.2 Å². The minimum absolute atomic E-state index is 0.0861. The molecule has 2 aromatic carbocycles. The van der Waals surface area contributed by atoms with Gasteiger partial charge in [-0.15, -0.1) is 0 Å². The number of carbonyl (C=O) groups excluding carboxylic acids is 1. The second-order valence-electron chi connectivity index (χ2n) is 5.01. The van der Waals surface area contributed by atoms with Crippen LogP contribution in [0.2, 0.25) is 0 Å². The number of hydrogen-bond donors (Lipinski definition) is 2. The van der Waals surface area contributed by atoms with Gasteiger partial charge in [-0.3, -0.25) is 4.79 Å². The Kier molecular flexibility index (Phi) is 5.91. The third-order valence-corrected chi connectivity index (χ3v) is 3.26. The molecule has 0 fully saturated rings. The van der Waals surface area contributed by atoms with Crippen LogP contribution < -0.4 is 10.1 Å². The van der Waals surface area contributed by atoms with Crippen LogP contribution in [0.25, 0.3) is 6.08 Å². The number of nitrogens with zero attached hydrogens (tertiary/aromatic N) is 1. The maximum atomic E-state index is 12.2. The number of nitrogens with one attached hydrogen (secondary N) is 1. The molecule has 0 unspecified atom stereocenters. The van der Waals surface area contributed by atoms with Crippen molar-refractivity contribution in [2.45, 2.75) is 6.92 Å². The number of nitriles is 1. The molecular formula is C19H16N2O4. The van der Waals surface area contributed by atoms with E-state index in [1.165, 1.54) is 30.3 Å². The summed E-state index contributed by atoms with van der Waals surface area (Å²) in [6, 6.07) is 14.5. The molecule has 0 saturated carbocycles. The van der Waals surface area contributed by atoms with Crippen molar-refractivity contribution in [3.63, 3.8) is 0 Å². The zero-order valence-corrected chi connectivity index (χ0v) is 13.5. The van der Waals surface area contributed by atoms with Crippen LogP contribution in [0.3, 0.4) is 0 Å². The third kappa shape index (κ3) is 4.94. The zero-order valence-electron chi connectivity index (χ0n) is 13.5. The Morgan fingerprint density at radius 3 is 2.32 bits per heavy atom. The number of amides is 1. The molecule has 0 aliphatic rings. The van der Waals surface area contributed by atoms with Crippen LogP contribution >= 0.6 is 0 Å². The van der Waals surface area contributed by atoms with Gasteiger partial charge in [0.15, 0.2) is 0 Å². The normalized spacial score (nSPS) is 10.6. The van der Waals surface area contributed by atoms with Crippen molar-refractivity contribution in [1.82, 2.24) is 0 Å². The molecule has 0 saturated heterocycles. The first-order chi connectivity index (χ1) is 12.0. The highest BCUT2D eigenvalue weighted by atomic mass is 16.5. The minimum atomic E-state index is -1.04. The Morgan fingerprint density at radius 1 is 1.16 bits per heavy atom. The van der Waals surface area contributed by atoms with E-state index in [-0.39, 0.29) is 11.1 Å². The molecule has 0 heterocycles. The molecule has 6 heteroatoms. The molecule has 1 amide bonds. The predicted molar refractivity (Wildman–Crippen MR) is 93.2 cm³/mol. The monoisotopic (exact) mass is 336 g/mol. The van der Waals surface area contributed by atoms with E-state index in [1.807, 2.05) is 13.0 Å². The van der Waals surface area contributed by atoms with E-state index in [0.29, 0.717) is 23.6 Å². The summed E-state index contributed by atoms with van der Waals surface area (Å²) in [6.45, 7) is 2.43. The zero-order chi connectivity index (χ0) is 18.2. The Balaban J connectivity index is 2.12. The number of aromatic carboxylic acids is 1. The Morgan fingerprint density at radius 2 is 1.80 bits per heavy atom. The maximum Gasteiger partial charge on any atom is 0.335 e. The summed E-state index contributed by atoms with van der Waals surface area (Å²) in [5.41, 5.74) is 1.14. The van der Waals surface area contributed by atoms with Crippen LogP contribution in [0.4, 0.5) is 5.69 Å². The van der Waals surface area contributed by atoms with Gasteiger partial charge in [0.1, 0.15) is 17.4 Å². The van der Waals surface area contributed by atoms with Gasteiger partial charge in [-0.05, 0) is 55.0 Å². The van der Waals surface area contributed by atoms with Crippen molar-refractivity contribution in [1.29, 1.82) is 5.26 Å². The van der Waals surface area contributed by atoms with Gasteiger partial charge < -0.3 is 15.2 Å². The standard InChI is InChI=1S/C19H16N2O4/c1-2-25-17-9-7-16(8-10-17)21-18(22)15(12-20)11-13-3-5-14(6-4-13)19(23)24/h3-11H,2H2,1H3,(H,21,22)(H,23,24)/b15-11+. The highest BCUT2D eigenvalue weighted by molar-refractivity contribution is 6.09. The average molecular weight is 336 g/mol.